The lowest BCUT2D eigenvalue weighted by Gasteiger charge is -2.32. The van der Waals surface area contributed by atoms with Crippen molar-refractivity contribution in [2.45, 2.75) is 30.7 Å². The molecule has 1 aromatic carbocycles. The average Bonchev–Trinajstić information content (AvgIpc) is 3.12. The van der Waals surface area contributed by atoms with Gasteiger partial charge in [0.1, 0.15) is 5.54 Å². The Morgan fingerprint density at radius 1 is 1.20 bits per heavy atom. The maximum atomic E-state index is 12.7. The number of hydrogen-bond donors (Lipinski definition) is 2. The Balaban J connectivity index is 1.67. The van der Waals surface area contributed by atoms with E-state index in [1.165, 1.54) is 15.4 Å². The molecule has 6 nitrogen and oxygen atoms in total. The quantitative estimate of drug-likeness (QED) is 0.751. The van der Waals surface area contributed by atoms with Crippen molar-refractivity contribution >= 4 is 23.7 Å². The molecule has 3 rings (SSSR count). The molecule has 1 unspecified atom stereocenters. The fraction of sp³-hybridized carbons (Fsp3) is 0.556. The van der Waals surface area contributed by atoms with E-state index in [-0.39, 0.29) is 17.5 Å². The van der Waals surface area contributed by atoms with Crippen LogP contribution in [0.2, 0.25) is 0 Å². The Morgan fingerprint density at radius 3 is 2.48 bits per heavy atom. The third-order valence-electron chi connectivity index (χ3n) is 5.13. The van der Waals surface area contributed by atoms with Crippen molar-refractivity contribution in [2.75, 3.05) is 32.6 Å². The summed E-state index contributed by atoms with van der Waals surface area (Å²) in [6.07, 6.45) is 0. The number of urea groups is 1. The number of likely N-dealkylation sites (N-methyl/N-ethyl adjacent to an activating group) is 1. The molecule has 2 N–H and O–H groups in total. The standard InChI is InChI=1S/C18H26N4O2S/c1-17(2)15(23)22(16(24)21(17)3)11-18(10-19-13-20-18)12-25-9-14-7-5-4-6-8-14/h4-8,19-20H,9-13H2,1-3H3. The number of nitrogens with zero attached hydrogens (tertiary/aromatic N) is 2. The Hall–Kier alpha value is -1.57. The summed E-state index contributed by atoms with van der Waals surface area (Å²) in [5.41, 5.74) is 0.218. The fourth-order valence-electron chi connectivity index (χ4n) is 3.24. The van der Waals surface area contributed by atoms with E-state index in [4.69, 9.17) is 0 Å². The number of carbonyl (C=O) groups excluding carboxylic acids is 2. The lowest BCUT2D eigenvalue weighted by molar-refractivity contribution is -0.132. The van der Waals surface area contributed by atoms with Gasteiger partial charge in [0.15, 0.2) is 0 Å². The third kappa shape index (κ3) is 3.54. The first-order valence-electron chi connectivity index (χ1n) is 8.53. The second-order valence-corrected chi connectivity index (χ2v) is 8.32. The molecule has 7 heteroatoms. The zero-order chi connectivity index (χ0) is 18.1. The van der Waals surface area contributed by atoms with Gasteiger partial charge in [0.25, 0.3) is 5.91 Å². The predicted octanol–water partition coefficient (Wildman–Crippen LogP) is 1.48. The van der Waals surface area contributed by atoms with E-state index in [1.54, 1.807) is 20.9 Å². The lowest BCUT2D eigenvalue weighted by atomic mass is 10.0. The second-order valence-electron chi connectivity index (χ2n) is 7.33. The van der Waals surface area contributed by atoms with Crippen molar-refractivity contribution in [2.24, 2.45) is 0 Å². The SMILES string of the molecule is CN1C(=O)N(CC2(CSCc3ccccc3)CNCN2)C(=O)C1(C)C. The maximum Gasteiger partial charge on any atom is 0.327 e. The molecule has 1 aromatic rings. The lowest BCUT2D eigenvalue weighted by Crippen LogP contribution is -2.56. The van der Waals surface area contributed by atoms with Crippen LogP contribution in [0.15, 0.2) is 30.3 Å². The van der Waals surface area contributed by atoms with Crippen LogP contribution in [-0.4, -0.2) is 65.4 Å². The number of thioether (sulfide) groups is 1. The van der Waals surface area contributed by atoms with Crippen molar-refractivity contribution in [3.8, 4) is 0 Å². The van der Waals surface area contributed by atoms with Crippen LogP contribution >= 0.6 is 11.8 Å². The van der Waals surface area contributed by atoms with Gasteiger partial charge >= 0.3 is 6.03 Å². The van der Waals surface area contributed by atoms with E-state index in [1.807, 2.05) is 30.0 Å². The molecular weight excluding hydrogens is 336 g/mol. The Bertz CT molecular complexity index is 644. The minimum atomic E-state index is -0.776. The fourth-order valence-corrected chi connectivity index (χ4v) is 4.45. The molecule has 2 aliphatic rings. The smallest absolute Gasteiger partial charge is 0.313 e. The molecule has 0 aliphatic carbocycles. The van der Waals surface area contributed by atoms with Gasteiger partial charge in [-0.1, -0.05) is 30.3 Å². The molecule has 0 aromatic heterocycles. The first-order chi connectivity index (χ1) is 11.9. The molecule has 1 atom stereocenters. The van der Waals surface area contributed by atoms with Gasteiger partial charge in [0, 0.05) is 31.8 Å². The van der Waals surface area contributed by atoms with Crippen molar-refractivity contribution < 1.29 is 9.59 Å². The van der Waals surface area contributed by atoms with Crippen LogP contribution in [0.1, 0.15) is 19.4 Å². The molecule has 0 bridgehead atoms. The second kappa shape index (κ2) is 6.97. The van der Waals surface area contributed by atoms with Gasteiger partial charge in [-0.15, -0.1) is 0 Å². The number of nitrogens with one attached hydrogen (secondary N) is 2. The Kier molecular flexibility index (Phi) is 5.09. The van der Waals surface area contributed by atoms with Crippen molar-refractivity contribution in [3.05, 3.63) is 35.9 Å². The van der Waals surface area contributed by atoms with Gasteiger partial charge in [-0.3, -0.25) is 15.0 Å². The zero-order valence-electron chi connectivity index (χ0n) is 15.0. The zero-order valence-corrected chi connectivity index (χ0v) is 15.9. The summed E-state index contributed by atoms with van der Waals surface area (Å²) in [6.45, 7) is 5.43. The summed E-state index contributed by atoms with van der Waals surface area (Å²) in [4.78, 5) is 28.2. The van der Waals surface area contributed by atoms with Crippen LogP contribution in [0.3, 0.4) is 0 Å². The summed E-state index contributed by atoms with van der Waals surface area (Å²) in [5, 5.41) is 6.78. The normalized spacial score (nSPS) is 25.9. The molecule has 2 heterocycles. The van der Waals surface area contributed by atoms with Gasteiger partial charge in [-0.25, -0.2) is 4.79 Å². The van der Waals surface area contributed by atoms with Gasteiger partial charge in [-0.2, -0.15) is 11.8 Å². The van der Waals surface area contributed by atoms with E-state index in [2.05, 4.69) is 22.8 Å². The summed E-state index contributed by atoms with van der Waals surface area (Å²) >= 11 is 1.82. The molecule has 2 saturated heterocycles. The highest BCUT2D eigenvalue weighted by Gasteiger charge is 2.51. The molecular formula is C18H26N4O2S. The number of amides is 3. The summed E-state index contributed by atoms with van der Waals surface area (Å²) < 4.78 is 0. The highest BCUT2D eigenvalue weighted by atomic mass is 32.2. The van der Waals surface area contributed by atoms with Gasteiger partial charge < -0.3 is 10.2 Å². The molecule has 25 heavy (non-hydrogen) atoms. The van der Waals surface area contributed by atoms with E-state index in [0.717, 1.165) is 18.1 Å². The number of benzene rings is 1. The van der Waals surface area contributed by atoms with E-state index < -0.39 is 5.54 Å². The minimum Gasteiger partial charge on any atom is -0.313 e. The molecule has 3 amide bonds. The molecule has 2 aliphatic heterocycles. The average molecular weight is 362 g/mol. The highest BCUT2D eigenvalue weighted by molar-refractivity contribution is 7.98. The molecule has 0 radical (unpaired) electrons. The van der Waals surface area contributed by atoms with Crippen molar-refractivity contribution in [3.63, 3.8) is 0 Å². The van der Waals surface area contributed by atoms with Gasteiger partial charge in [0.05, 0.1) is 12.1 Å². The highest BCUT2D eigenvalue weighted by Crippen LogP contribution is 2.29. The first-order valence-corrected chi connectivity index (χ1v) is 9.68. The minimum absolute atomic E-state index is 0.124. The van der Waals surface area contributed by atoms with Crippen LogP contribution in [0.4, 0.5) is 4.79 Å². The monoisotopic (exact) mass is 362 g/mol. The topological polar surface area (TPSA) is 64.7 Å². The van der Waals surface area contributed by atoms with Gasteiger partial charge in [-0.05, 0) is 19.4 Å². The Morgan fingerprint density at radius 2 is 1.92 bits per heavy atom. The van der Waals surface area contributed by atoms with Crippen LogP contribution in [0.5, 0.6) is 0 Å². The number of imide groups is 1. The maximum absolute atomic E-state index is 12.7. The molecule has 136 valence electrons. The van der Waals surface area contributed by atoms with Crippen LogP contribution in [0.25, 0.3) is 0 Å². The van der Waals surface area contributed by atoms with E-state index in [0.29, 0.717) is 13.2 Å². The van der Waals surface area contributed by atoms with Gasteiger partial charge in [0.2, 0.25) is 0 Å². The van der Waals surface area contributed by atoms with Crippen molar-refractivity contribution in [1.29, 1.82) is 0 Å². The molecule has 0 spiro atoms. The summed E-state index contributed by atoms with van der Waals surface area (Å²) in [7, 11) is 1.69. The largest absolute Gasteiger partial charge is 0.327 e. The Labute approximate surface area is 153 Å². The molecule has 0 saturated carbocycles. The van der Waals surface area contributed by atoms with Crippen LogP contribution < -0.4 is 10.6 Å². The van der Waals surface area contributed by atoms with Crippen LogP contribution in [0, 0.1) is 0 Å². The first kappa shape index (κ1) is 18.2. The van der Waals surface area contributed by atoms with Crippen molar-refractivity contribution in [1.82, 2.24) is 20.4 Å². The number of rotatable bonds is 6. The van der Waals surface area contributed by atoms with Crippen LogP contribution in [-0.2, 0) is 10.5 Å². The predicted molar refractivity (Wildman–Crippen MR) is 100 cm³/mol. The number of hydrogen-bond acceptors (Lipinski definition) is 5. The van der Waals surface area contributed by atoms with E-state index in [9.17, 15) is 9.59 Å². The molecule has 2 fully saturated rings. The number of carbonyl (C=O) groups is 2. The summed E-state index contributed by atoms with van der Waals surface area (Å²) in [6, 6.07) is 10.1. The summed E-state index contributed by atoms with van der Waals surface area (Å²) in [5.74, 6) is 1.62. The third-order valence-corrected chi connectivity index (χ3v) is 6.42. The van der Waals surface area contributed by atoms with E-state index >= 15 is 0 Å².